The van der Waals surface area contributed by atoms with Crippen LogP contribution >= 0.6 is 0 Å². The summed E-state index contributed by atoms with van der Waals surface area (Å²) in [6.07, 6.45) is -9.92. The molecular weight excluding hydrogens is 684 g/mol. The van der Waals surface area contributed by atoms with Crippen molar-refractivity contribution in [1.82, 2.24) is 0 Å². The van der Waals surface area contributed by atoms with E-state index in [0.717, 1.165) is 12.2 Å². The van der Waals surface area contributed by atoms with Gasteiger partial charge < -0.3 is 78.7 Å². The molecule has 0 aromatic heterocycles. The van der Waals surface area contributed by atoms with E-state index in [1.165, 1.54) is 63.8 Å². The van der Waals surface area contributed by atoms with Crippen molar-refractivity contribution in [2.75, 3.05) is 41.2 Å². The van der Waals surface area contributed by atoms with Crippen molar-refractivity contribution in [2.24, 2.45) is 0 Å². The first kappa shape index (κ1) is 39.3. The molecule has 0 unspecified atom stereocenters. The van der Waals surface area contributed by atoms with Crippen LogP contribution in [0.5, 0.6) is 28.7 Å². The Morgan fingerprint density at radius 3 is 1.96 bits per heavy atom. The van der Waals surface area contributed by atoms with Crippen molar-refractivity contribution in [2.45, 2.75) is 54.8 Å². The van der Waals surface area contributed by atoms with Crippen molar-refractivity contribution >= 4 is 24.1 Å². The fourth-order valence-corrected chi connectivity index (χ4v) is 5.28. The Morgan fingerprint density at radius 1 is 0.765 bits per heavy atom. The fourth-order valence-electron chi connectivity index (χ4n) is 5.28. The molecule has 2 aliphatic heterocycles. The van der Waals surface area contributed by atoms with Crippen LogP contribution < -0.4 is 14.2 Å². The molecule has 280 valence electrons. The van der Waals surface area contributed by atoms with Crippen LogP contribution in [0.1, 0.15) is 11.1 Å². The average Bonchev–Trinajstić information content (AvgIpc) is 3.39. The Labute approximate surface area is 290 Å². The zero-order valence-corrected chi connectivity index (χ0v) is 27.6. The number of aromatic hydroxyl groups is 2. The lowest BCUT2D eigenvalue weighted by Gasteiger charge is -2.43. The number of hydrogen-bond donors (Lipinski definition) is 8. The van der Waals surface area contributed by atoms with Gasteiger partial charge in [0.05, 0.1) is 34.5 Å². The molecule has 0 saturated carbocycles. The van der Waals surface area contributed by atoms with Gasteiger partial charge in [-0.25, -0.2) is 9.59 Å². The normalized spacial score (nSPS) is 29.3. The summed E-state index contributed by atoms with van der Waals surface area (Å²) in [6.45, 7) is -2.69. The lowest BCUT2D eigenvalue weighted by atomic mass is 9.99. The van der Waals surface area contributed by atoms with Crippen LogP contribution in [0, 0.1) is 0 Å². The van der Waals surface area contributed by atoms with Crippen molar-refractivity contribution in [3.8, 4) is 28.7 Å². The van der Waals surface area contributed by atoms with Gasteiger partial charge in [-0.05, 0) is 47.5 Å². The van der Waals surface area contributed by atoms with Crippen molar-refractivity contribution in [3.63, 3.8) is 0 Å². The third-order valence-corrected chi connectivity index (χ3v) is 8.01. The van der Waals surface area contributed by atoms with E-state index in [1.54, 1.807) is 0 Å². The summed E-state index contributed by atoms with van der Waals surface area (Å²) < 4.78 is 43.2. The third-order valence-electron chi connectivity index (χ3n) is 8.01. The summed E-state index contributed by atoms with van der Waals surface area (Å²) in [4.78, 5) is 26.0. The van der Waals surface area contributed by atoms with E-state index in [4.69, 9.17) is 37.9 Å². The number of phenols is 2. The Kier molecular flexibility index (Phi) is 13.2. The fraction of sp³-hybridized carbons (Fsp3) is 0.455. The molecule has 2 aliphatic rings. The summed E-state index contributed by atoms with van der Waals surface area (Å²) in [5, 5.41) is 82.1. The summed E-state index contributed by atoms with van der Waals surface area (Å²) in [5.74, 6) is -4.92. The smallest absolute Gasteiger partial charge is 0.331 e. The highest BCUT2D eigenvalue weighted by Gasteiger charge is 2.61. The first-order valence-corrected chi connectivity index (χ1v) is 15.3. The second-order valence-electron chi connectivity index (χ2n) is 11.3. The van der Waals surface area contributed by atoms with E-state index in [0.29, 0.717) is 11.1 Å². The number of esters is 2. The highest BCUT2D eigenvalue weighted by Crippen LogP contribution is 2.40. The van der Waals surface area contributed by atoms with Crippen LogP contribution in [-0.4, -0.2) is 149 Å². The Morgan fingerprint density at radius 2 is 1.35 bits per heavy atom. The van der Waals surface area contributed by atoms with Gasteiger partial charge in [0.2, 0.25) is 11.5 Å². The molecule has 8 N–H and O–H groups in total. The molecule has 0 radical (unpaired) electrons. The number of aliphatic hydroxyl groups is 6. The van der Waals surface area contributed by atoms with E-state index < -0.39 is 86.6 Å². The summed E-state index contributed by atoms with van der Waals surface area (Å²) in [6, 6.07) is 6.98. The average molecular weight is 725 g/mol. The zero-order valence-electron chi connectivity index (χ0n) is 27.6. The number of carbonyl (C=O) groups excluding carboxylic acids is 2. The van der Waals surface area contributed by atoms with Gasteiger partial charge in [-0.1, -0.05) is 6.07 Å². The lowest BCUT2D eigenvalue weighted by molar-refractivity contribution is -0.383. The zero-order chi connectivity index (χ0) is 37.5. The molecule has 51 heavy (non-hydrogen) atoms. The minimum atomic E-state index is -2.54. The van der Waals surface area contributed by atoms with E-state index >= 15 is 0 Å². The van der Waals surface area contributed by atoms with Crippen molar-refractivity contribution in [3.05, 3.63) is 53.6 Å². The van der Waals surface area contributed by atoms with Gasteiger partial charge in [-0.15, -0.1) is 0 Å². The number of carbonyl (C=O) groups is 2. The summed E-state index contributed by atoms with van der Waals surface area (Å²) in [7, 11) is 3.95. The van der Waals surface area contributed by atoms with E-state index in [1.807, 2.05) is 0 Å². The molecule has 9 atom stereocenters. The van der Waals surface area contributed by atoms with Crippen molar-refractivity contribution < 1.29 is 88.3 Å². The SMILES string of the molecule is COc1cc(/C=C/C(=O)O[C@H]2[C@H](O)[C@@H](CO)O[C@]2(COC(=O)/C=C/c2cc(OC)c(O)c(OC)c2)O[C@H]2O[C@H](CO)[C@@H](O)[C@H](O)[C@H]2O)ccc1O. The van der Waals surface area contributed by atoms with Crippen LogP contribution in [0.2, 0.25) is 0 Å². The number of hydrogen-bond acceptors (Lipinski definition) is 18. The predicted molar refractivity (Wildman–Crippen MR) is 170 cm³/mol. The molecule has 0 amide bonds. The molecule has 2 saturated heterocycles. The van der Waals surface area contributed by atoms with Gasteiger partial charge in [0.25, 0.3) is 0 Å². The monoisotopic (exact) mass is 724 g/mol. The van der Waals surface area contributed by atoms with Gasteiger partial charge in [-0.3, -0.25) is 0 Å². The molecule has 2 fully saturated rings. The summed E-state index contributed by atoms with van der Waals surface area (Å²) in [5.41, 5.74) is 0.731. The molecule has 18 nitrogen and oxygen atoms in total. The molecule has 2 aromatic carbocycles. The van der Waals surface area contributed by atoms with E-state index in [-0.39, 0.29) is 28.7 Å². The van der Waals surface area contributed by atoms with Gasteiger partial charge in [0, 0.05) is 12.2 Å². The number of aliphatic hydroxyl groups excluding tert-OH is 6. The first-order valence-electron chi connectivity index (χ1n) is 15.3. The molecule has 0 aliphatic carbocycles. The molecular formula is C33H40O18. The van der Waals surface area contributed by atoms with E-state index in [2.05, 4.69) is 0 Å². The Balaban J connectivity index is 1.64. The maximum Gasteiger partial charge on any atom is 0.331 e. The van der Waals surface area contributed by atoms with E-state index in [9.17, 15) is 50.4 Å². The third kappa shape index (κ3) is 8.87. The predicted octanol–water partition coefficient (Wildman–Crippen LogP) is -1.43. The standard InChI is InChI=1S/C33H40O18/c1-44-19-10-16(4-7-18(19)36)5-9-25(38)49-31-28(41)23(14-35)50-33(31,51-32-30(43)29(42)27(40)22(13-34)48-32)15-47-24(37)8-6-17-11-20(45-2)26(39)21(12-17)46-3/h4-12,22-23,27-32,34-36,39-43H,13-15H2,1-3H3/b8-6+,9-5+/t22-,23-,27-,28-,29+,30-,31+,32-,33-/m1/s1. The maximum absolute atomic E-state index is 13.1. The van der Waals surface area contributed by atoms with Crippen LogP contribution in [0.3, 0.4) is 0 Å². The highest BCUT2D eigenvalue weighted by molar-refractivity contribution is 5.88. The second-order valence-corrected chi connectivity index (χ2v) is 11.3. The minimum absolute atomic E-state index is 0.0425. The number of phenolic OH excluding ortho intramolecular Hbond substituents is 2. The lowest BCUT2D eigenvalue weighted by Crippen LogP contribution is -2.63. The van der Waals surface area contributed by atoms with Crippen LogP contribution in [0.25, 0.3) is 12.2 Å². The minimum Gasteiger partial charge on any atom is -0.504 e. The van der Waals surface area contributed by atoms with Crippen LogP contribution in [0.4, 0.5) is 0 Å². The molecule has 0 bridgehead atoms. The molecule has 4 rings (SSSR count). The summed E-state index contributed by atoms with van der Waals surface area (Å²) >= 11 is 0. The molecule has 2 heterocycles. The Bertz CT molecular complexity index is 1550. The molecule has 0 spiro atoms. The van der Waals surface area contributed by atoms with Crippen LogP contribution in [-0.2, 0) is 33.3 Å². The molecule has 2 aromatic rings. The van der Waals surface area contributed by atoms with Gasteiger partial charge >= 0.3 is 11.9 Å². The van der Waals surface area contributed by atoms with Gasteiger partial charge in [0.1, 0.15) is 43.2 Å². The number of benzene rings is 2. The van der Waals surface area contributed by atoms with Gasteiger partial charge in [-0.2, -0.15) is 0 Å². The second kappa shape index (κ2) is 17.1. The van der Waals surface area contributed by atoms with Crippen LogP contribution in [0.15, 0.2) is 42.5 Å². The Hall–Kier alpha value is -4.50. The largest absolute Gasteiger partial charge is 0.504 e. The molecule has 18 heteroatoms. The van der Waals surface area contributed by atoms with Gasteiger partial charge in [0.15, 0.2) is 35.4 Å². The highest BCUT2D eigenvalue weighted by atomic mass is 16.8. The maximum atomic E-state index is 13.1. The topological polar surface area (TPSA) is 270 Å². The first-order chi connectivity index (χ1) is 24.3. The van der Waals surface area contributed by atoms with Crippen molar-refractivity contribution in [1.29, 1.82) is 0 Å². The number of rotatable bonds is 14. The number of methoxy groups -OCH3 is 3. The quantitative estimate of drug-likeness (QED) is 0.0819. The number of ether oxygens (including phenoxy) is 8.